The maximum absolute atomic E-state index is 12.8. The molecule has 1 amide bonds. The van der Waals surface area contributed by atoms with Gasteiger partial charge in [-0.2, -0.15) is 0 Å². The maximum atomic E-state index is 12.8. The molecular weight excluding hydrogens is 318 g/mol. The Bertz CT molecular complexity index is 743. The third-order valence-corrected chi connectivity index (χ3v) is 6.10. The van der Waals surface area contributed by atoms with Crippen molar-refractivity contribution in [2.45, 2.75) is 20.4 Å². The van der Waals surface area contributed by atoms with E-state index >= 15 is 0 Å². The van der Waals surface area contributed by atoms with Gasteiger partial charge in [-0.05, 0) is 37.3 Å². The quantitative estimate of drug-likeness (QED) is 0.861. The van der Waals surface area contributed by atoms with Gasteiger partial charge >= 0.3 is 0 Å². The molecule has 0 bridgehead atoms. The summed E-state index contributed by atoms with van der Waals surface area (Å²) in [5.41, 5.74) is 3.11. The van der Waals surface area contributed by atoms with Crippen LogP contribution in [0.2, 0.25) is 0 Å². The summed E-state index contributed by atoms with van der Waals surface area (Å²) >= 11 is 1.72. The van der Waals surface area contributed by atoms with Crippen molar-refractivity contribution in [2.24, 2.45) is 11.8 Å². The van der Waals surface area contributed by atoms with Crippen molar-refractivity contribution in [1.82, 2.24) is 14.8 Å². The van der Waals surface area contributed by atoms with Gasteiger partial charge in [0.15, 0.2) is 0 Å². The van der Waals surface area contributed by atoms with Gasteiger partial charge in [-0.15, -0.1) is 11.3 Å². The highest BCUT2D eigenvalue weighted by Gasteiger charge is 2.41. The number of thiazole rings is 1. The van der Waals surface area contributed by atoms with Crippen LogP contribution in [-0.2, 0) is 6.54 Å². The van der Waals surface area contributed by atoms with E-state index in [0.717, 1.165) is 48.9 Å². The molecule has 0 unspecified atom stereocenters. The zero-order chi connectivity index (χ0) is 16.7. The Labute approximate surface area is 147 Å². The average molecular weight is 341 g/mol. The lowest BCUT2D eigenvalue weighted by molar-refractivity contribution is 0.0772. The van der Waals surface area contributed by atoms with Crippen molar-refractivity contribution < 1.29 is 4.79 Å². The van der Waals surface area contributed by atoms with Gasteiger partial charge in [0.1, 0.15) is 0 Å². The Morgan fingerprint density at radius 2 is 1.88 bits per heavy atom. The average Bonchev–Trinajstić information content (AvgIpc) is 3.22. The van der Waals surface area contributed by atoms with Gasteiger partial charge in [-0.3, -0.25) is 9.69 Å². The summed E-state index contributed by atoms with van der Waals surface area (Å²) in [6.07, 6.45) is 0. The molecule has 4 rings (SSSR count). The summed E-state index contributed by atoms with van der Waals surface area (Å²) in [5, 5.41) is 3.30. The van der Waals surface area contributed by atoms with Crippen LogP contribution >= 0.6 is 11.3 Å². The van der Waals surface area contributed by atoms with Crippen LogP contribution in [0.1, 0.15) is 26.6 Å². The fourth-order valence-electron chi connectivity index (χ4n) is 4.08. The third kappa shape index (κ3) is 2.98. The summed E-state index contributed by atoms with van der Waals surface area (Å²) in [6.45, 7) is 8.97. The van der Waals surface area contributed by atoms with Crippen molar-refractivity contribution in [1.29, 1.82) is 0 Å². The van der Waals surface area contributed by atoms with Crippen LogP contribution < -0.4 is 0 Å². The minimum Gasteiger partial charge on any atom is -0.338 e. The summed E-state index contributed by atoms with van der Waals surface area (Å²) in [4.78, 5) is 21.9. The number of aromatic nitrogens is 1. The summed E-state index contributed by atoms with van der Waals surface area (Å²) < 4.78 is 0. The van der Waals surface area contributed by atoms with Crippen LogP contribution in [-0.4, -0.2) is 46.9 Å². The van der Waals surface area contributed by atoms with Gasteiger partial charge in [0.05, 0.1) is 10.7 Å². The predicted octanol–water partition coefficient (Wildman–Crippen LogP) is 2.96. The molecule has 0 radical (unpaired) electrons. The molecule has 5 heteroatoms. The van der Waals surface area contributed by atoms with Gasteiger partial charge in [-0.1, -0.05) is 18.2 Å². The van der Waals surface area contributed by atoms with Crippen molar-refractivity contribution >= 4 is 17.2 Å². The Hall–Kier alpha value is -1.72. The molecule has 2 fully saturated rings. The molecule has 0 spiro atoms. The molecule has 3 heterocycles. The molecule has 0 saturated carbocycles. The number of benzene rings is 1. The van der Waals surface area contributed by atoms with Gasteiger partial charge in [0.2, 0.25) is 0 Å². The standard InChI is InChI=1S/C19H23N3OS/c1-13-5-3-4-6-18(13)19(23)22-9-15-7-21(8-16(15)10-22)11-17-12-24-14(2)20-17/h3-6,12,15-16H,7-11H2,1-2H3/t15-,16-/m1/s1. The van der Waals surface area contributed by atoms with E-state index in [1.165, 1.54) is 5.69 Å². The number of nitrogens with zero attached hydrogens (tertiary/aromatic N) is 3. The molecule has 2 aromatic rings. The second-order valence-electron chi connectivity index (χ2n) is 7.10. The topological polar surface area (TPSA) is 36.4 Å². The van der Waals surface area contributed by atoms with E-state index in [1.54, 1.807) is 11.3 Å². The van der Waals surface area contributed by atoms with Gasteiger partial charge in [0, 0.05) is 43.7 Å². The molecule has 4 nitrogen and oxygen atoms in total. The fraction of sp³-hybridized carbons (Fsp3) is 0.474. The minimum atomic E-state index is 0.198. The van der Waals surface area contributed by atoms with Crippen LogP contribution in [0, 0.1) is 25.7 Å². The molecule has 126 valence electrons. The molecule has 1 aromatic carbocycles. The lowest BCUT2D eigenvalue weighted by Crippen LogP contribution is -2.33. The van der Waals surface area contributed by atoms with Crippen molar-refractivity contribution in [3.05, 3.63) is 51.5 Å². The van der Waals surface area contributed by atoms with E-state index < -0.39 is 0 Å². The number of hydrogen-bond acceptors (Lipinski definition) is 4. The van der Waals surface area contributed by atoms with Gasteiger partial charge in [0.25, 0.3) is 5.91 Å². The van der Waals surface area contributed by atoms with Crippen molar-refractivity contribution in [2.75, 3.05) is 26.2 Å². The third-order valence-electron chi connectivity index (χ3n) is 5.28. The number of rotatable bonds is 3. The van der Waals surface area contributed by atoms with E-state index in [0.29, 0.717) is 11.8 Å². The molecule has 2 aliphatic heterocycles. The highest BCUT2D eigenvalue weighted by atomic mass is 32.1. The van der Waals surface area contributed by atoms with Crippen molar-refractivity contribution in [3.63, 3.8) is 0 Å². The smallest absolute Gasteiger partial charge is 0.254 e. The normalized spacial score (nSPS) is 23.7. The van der Waals surface area contributed by atoms with Crippen LogP contribution in [0.15, 0.2) is 29.6 Å². The van der Waals surface area contributed by atoms with Crippen LogP contribution in [0.25, 0.3) is 0 Å². The van der Waals surface area contributed by atoms with E-state index in [9.17, 15) is 4.79 Å². The van der Waals surface area contributed by atoms with E-state index in [-0.39, 0.29) is 5.91 Å². The lowest BCUT2D eigenvalue weighted by Gasteiger charge is -2.21. The van der Waals surface area contributed by atoms with Crippen LogP contribution in [0.5, 0.6) is 0 Å². The summed E-state index contributed by atoms with van der Waals surface area (Å²) in [6, 6.07) is 7.90. The maximum Gasteiger partial charge on any atom is 0.254 e. The minimum absolute atomic E-state index is 0.198. The van der Waals surface area contributed by atoms with E-state index in [4.69, 9.17) is 0 Å². The number of hydrogen-bond donors (Lipinski definition) is 0. The second kappa shape index (κ2) is 6.30. The SMILES string of the molecule is Cc1nc(CN2C[C@@H]3CN(C(=O)c4ccccc4C)C[C@H]3C2)cs1. The van der Waals surface area contributed by atoms with Crippen molar-refractivity contribution in [3.8, 4) is 0 Å². The fourth-order valence-corrected chi connectivity index (χ4v) is 4.68. The molecule has 24 heavy (non-hydrogen) atoms. The first kappa shape index (κ1) is 15.8. The Balaban J connectivity index is 1.37. The number of fused-ring (bicyclic) bond motifs is 1. The number of carbonyl (C=O) groups excluding carboxylic acids is 1. The first-order chi connectivity index (χ1) is 11.6. The molecule has 2 aliphatic rings. The first-order valence-electron chi connectivity index (χ1n) is 8.58. The lowest BCUT2D eigenvalue weighted by atomic mass is 10.0. The molecular formula is C19H23N3OS. The Morgan fingerprint density at radius 1 is 1.17 bits per heavy atom. The molecule has 2 atom stereocenters. The zero-order valence-corrected chi connectivity index (χ0v) is 15.1. The second-order valence-corrected chi connectivity index (χ2v) is 8.16. The first-order valence-corrected chi connectivity index (χ1v) is 9.46. The molecule has 0 N–H and O–H groups in total. The number of aryl methyl sites for hydroxylation is 2. The van der Waals surface area contributed by atoms with Gasteiger partial charge < -0.3 is 4.90 Å². The van der Waals surface area contributed by atoms with E-state index in [2.05, 4.69) is 27.1 Å². The zero-order valence-electron chi connectivity index (χ0n) is 14.2. The van der Waals surface area contributed by atoms with Crippen LogP contribution in [0.4, 0.5) is 0 Å². The Morgan fingerprint density at radius 3 is 2.50 bits per heavy atom. The molecule has 2 saturated heterocycles. The number of amides is 1. The molecule has 1 aromatic heterocycles. The summed E-state index contributed by atoms with van der Waals surface area (Å²) in [5.74, 6) is 1.42. The highest BCUT2D eigenvalue weighted by molar-refractivity contribution is 7.09. The highest BCUT2D eigenvalue weighted by Crippen LogP contribution is 2.33. The molecule has 0 aliphatic carbocycles. The largest absolute Gasteiger partial charge is 0.338 e. The predicted molar refractivity (Wildman–Crippen MR) is 96.2 cm³/mol. The monoisotopic (exact) mass is 341 g/mol. The number of likely N-dealkylation sites (tertiary alicyclic amines) is 2. The van der Waals surface area contributed by atoms with E-state index in [1.807, 2.05) is 31.2 Å². The van der Waals surface area contributed by atoms with Crippen LogP contribution in [0.3, 0.4) is 0 Å². The summed E-state index contributed by atoms with van der Waals surface area (Å²) in [7, 11) is 0. The number of carbonyl (C=O) groups is 1. The Kier molecular flexibility index (Phi) is 4.14. The van der Waals surface area contributed by atoms with Gasteiger partial charge in [-0.25, -0.2) is 4.98 Å².